The average Bonchev–Trinajstić information content (AvgIpc) is 3.18. The molecule has 0 fully saturated rings. The predicted molar refractivity (Wildman–Crippen MR) is 251 cm³/mol. The van der Waals surface area contributed by atoms with Crippen LogP contribution in [0.1, 0.15) is 235 Å². The van der Waals surface area contributed by atoms with Gasteiger partial charge in [-0.15, -0.1) is 0 Å². The summed E-state index contributed by atoms with van der Waals surface area (Å²) in [6.07, 6.45) is 38.2. The quantitative estimate of drug-likeness (QED) is 0.0362. The number of carboxylic acid groups (broad SMARTS) is 2. The molecular formula is C52H96O8. The number of allylic oxidation sites excluding steroid dienone is 4. The van der Waals surface area contributed by atoms with Crippen molar-refractivity contribution in [1.29, 1.82) is 0 Å². The Balaban J connectivity index is 0. The minimum atomic E-state index is -0.900. The first-order chi connectivity index (χ1) is 28.4. The molecule has 8 nitrogen and oxygen atoms in total. The second kappa shape index (κ2) is 38.1. The minimum absolute atomic E-state index is 0.00316. The number of carboxylic acids is 2. The number of carbonyl (C=O) groups is 4. The Kier molecular flexibility index (Phi) is 37.7. The Labute approximate surface area is 369 Å². The van der Waals surface area contributed by atoms with E-state index in [1.165, 1.54) is 97.7 Å². The fraction of sp³-hybridized carbons (Fsp3) is 0.846. The van der Waals surface area contributed by atoms with Crippen molar-refractivity contribution in [2.24, 2.45) is 34.5 Å². The third-order valence-electron chi connectivity index (χ3n) is 11.4. The minimum Gasteiger partial charge on any atom is -0.481 e. The van der Waals surface area contributed by atoms with Gasteiger partial charge in [0.1, 0.15) is 0 Å². The van der Waals surface area contributed by atoms with E-state index in [2.05, 4.69) is 84.4 Å². The van der Waals surface area contributed by atoms with Crippen LogP contribution in [0, 0.1) is 34.5 Å². The molecule has 4 atom stereocenters. The first-order valence-electron chi connectivity index (χ1n) is 24.3. The third-order valence-corrected chi connectivity index (χ3v) is 11.4. The molecule has 0 aliphatic heterocycles. The molecule has 0 bridgehead atoms. The zero-order chi connectivity index (χ0) is 45.7. The van der Waals surface area contributed by atoms with Gasteiger partial charge in [0, 0.05) is 6.42 Å². The summed E-state index contributed by atoms with van der Waals surface area (Å²) < 4.78 is 9.40. The molecule has 352 valence electrons. The fourth-order valence-electron chi connectivity index (χ4n) is 7.75. The van der Waals surface area contributed by atoms with Gasteiger partial charge in [-0.3, -0.25) is 19.2 Å². The van der Waals surface area contributed by atoms with Crippen LogP contribution < -0.4 is 0 Å². The fourth-order valence-corrected chi connectivity index (χ4v) is 7.75. The Morgan fingerprint density at radius 2 is 0.900 bits per heavy atom. The van der Waals surface area contributed by atoms with Gasteiger partial charge in [0.05, 0.1) is 32.5 Å². The Morgan fingerprint density at radius 1 is 0.500 bits per heavy atom. The summed E-state index contributed by atoms with van der Waals surface area (Å²) in [5.74, 6) is -3.16. The summed E-state index contributed by atoms with van der Waals surface area (Å²) in [5, 5.41) is 19.6. The molecular weight excluding hydrogens is 753 g/mol. The number of unbranched alkanes of at least 4 members (excludes halogenated alkanes) is 18. The van der Waals surface area contributed by atoms with E-state index >= 15 is 0 Å². The van der Waals surface area contributed by atoms with Crippen LogP contribution in [0.2, 0.25) is 0 Å². The molecule has 0 heterocycles. The van der Waals surface area contributed by atoms with Crippen molar-refractivity contribution in [1.82, 2.24) is 0 Å². The summed E-state index contributed by atoms with van der Waals surface area (Å²) in [4.78, 5) is 46.7. The Morgan fingerprint density at radius 3 is 1.32 bits per heavy atom. The highest BCUT2D eigenvalue weighted by molar-refractivity contribution is 5.79. The highest BCUT2D eigenvalue weighted by atomic mass is 16.5. The predicted octanol–water partition coefficient (Wildman–Crippen LogP) is 15.1. The van der Waals surface area contributed by atoms with Crippen molar-refractivity contribution in [2.75, 3.05) is 14.2 Å². The van der Waals surface area contributed by atoms with Gasteiger partial charge in [0.2, 0.25) is 0 Å². The molecule has 0 saturated heterocycles. The van der Waals surface area contributed by atoms with Gasteiger partial charge in [-0.05, 0) is 80.5 Å². The molecule has 0 aliphatic carbocycles. The molecule has 0 amide bonds. The van der Waals surface area contributed by atoms with Crippen LogP contribution in [-0.2, 0) is 28.7 Å². The highest BCUT2D eigenvalue weighted by Gasteiger charge is 2.31. The number of rotatable bonds is 36. The second-order valence-corrected chi connectivity index (χ2v) is 19.8. The van der Waals surface area contributed by atoms with Gasteiger partial charge < -0.3 is 19.7 Å². The molecule has 0 aromatic carbocycles. The number of hydrogen-bond acceptors (Lipinski definition) is 6. The zero-order valence-corrected chi connectivity index (χ0v) is 40.8. The number of aliphatic carboxylic acids is 2. The smallest absolute Gasteiger partial charge is 0.307 e. The number of hydrogen-bond donors (Lipinski definition) is 2. The average molecular weight is 849 g/mol. The van der Waals surface area contributed by atoms with Crippen LogP contribution in [0.15, 0.2) is 24.3 Å². The summed E-state index contributed by atoms with van der Waals surface area (Å²) in [7, 11) is 2.75. The molecule has 0 aromatic heterocycles. The lowest BCUT2D eigenvalue weighted by Crippen LogP contribution is -2.27. The number of methoxy groups -OCH3 is 2. The van der Waals surface area contributed by atoms with Crippen molar-refractivity contribution in [3.8, 4) is 0 Å². The van der Waals surface area contributed by atoms with E-state index in [1.807, 2.05) is 0 Å². The van der Waals surface area contributed by atoms with Crippen LogP contribution in [0.5, 0.6) is 0 Å². The number of esters is 2. The zero-order valence-electron chi connectivity index (χ0n) is 40.8. The molecule has 0 rings (SSSR count). The van der Waals surface area contributed by atoms with Gasteiger partial charge in [-0.2, -0.15) is 0 Å². The largest absolute Gasteiger partial charge is 0.481 e. The molecule has 4 unspecified atom stereocenters. The highest BCUT2D eigenvalue weighted by Crippen LogP contribution is 2.33. The molecule has 60 heavy (non-hydrogen) atoms. The maximum atomic E-state index is 12.0. The van der Waals surface area contributed by atoms with Gasteiger partial charge in [-0.1, -0.05) is 189 Å². The first kappa shape index (κ1) is 59.5. The van der Waals surface area contributed by atoms with Crippen LogP contribution in [0.25, 0.3) is 0 Å². The summed E-state index contributed by atoms with van der Waals surface area (Å²) in [5.41, 5.74) is 0.401. The monoisotopic (exact) mass is 849 g/mol. The van der Waals surface area contributed by atoms with Crippen molar-refractivity contribution in [2.45, 2.75) is 235 Å². The van der Waals surface area contributed by atoms with Gasteiger partial charge in [0.15, 0.2) is 0 Å². The number of ether oxygens (including phenoxy) is 2. The van der Waals surface area contributed by atoms with E-state index in [0.717, 1.165) is 77.0 Å². The Hall–Kier alpha value is -2.64. The van der Waals surface area contributed by atoms with E-state index in [-0.39, 0.29) is 35.6 Å². The second-order valence-electron chi connectivity index (χ2n) is 19.8. The van der Waals surface area contributed by atoms with Gasteiger partial charge >= 0.3 is 23.9 Å². The lowest BCUT2D eigenvalue weighted by Gasteiger charge is -2.28. The summed E-state index contributed by atoms with van der Waals surface area (Å²) in [6.45, 7) is 17.6. The lowest BCUT2D eigenvalue weighted by molar-refractivity contribution is -0.151. The van der Waals surface area contributed by atoms with Crippen molar-refractivity contribution < 1.29 is 38.9 Å². The van der Waals surface area contributed by atoms with E-state index in [9.17, 15) is 29.4 Å². The van der Waals surface area contributed by atoms with Crippen molar-refractivity contribution >= 4 is 23.9 Å². The lowest BCUT2D eigenvalue weighted by atomic mass is 9.76. The van der Waals surface area contributed by atoms with Gasteiger partial charge in [0.25, 0.3) is 0 Å². The number of carbonyl (C=O) groups excluding carboxylic acids is 2. The van der Waals surface area contributed by atoms with Crippen LogP contribution in [-0.4, -0.2) is 48.3 Å². The van der Waals surface area contributed by atoms with Crippen LogP contribution in [0.3, 0.4) is 0 Å². The molecule has 0 spiro atoms. The molecule has 0 radical (unpaired) electrons. The van der Waals surface area contributed by atoms with E-state index in [1.54, 1.807) is 0 Å². The normalized spacial score (nSPS) is 14.0. The topological polar surface area (TPSA) is 127 Å². The van der Waals surface area contributed by atoms with Crippen molar-refractivity contribution in [3.05, 3.63) is 24.3 Å². The molecule has 0 saturated carbocycles. The third kappa shape index (κ3) is 38.3. The maximum Gasteiger partial charge on any atom is 0.307 e. The van der Waals surface area contributed by atoms with E-state index in [4.69, 9.17) is 4.74 Å². The van der Waals surface area contributed by atoms with Crippen LogP contribution >= 0.6 is 0 Å². The first-order valence-corrected chi connectivity index (χ1v) is 24.3. The molecule has 0 aromatic rings. The SMILES string of the molecule is CCCCCCC/C=C/C(CCCCCCCC(=O)OC)C(CC(C)(C)C)C(=O)O.CCCCCCC/C=C/C(CCCCCCCC(C)(C)C)C(CC(=O)OC)C(=O)O. The van der Waals surface area contributed by atoms with E-state index in [0.29, 0.717) is 18.3 Å². The van der Waals surface area contributed by atoms with Crippen molar-refractivity contribution in [3.63, 3.8) is 0 Å². The standard InChI is InChI=1S/2C26H48O4/c1-6-7-8-9-10-12-15-18-22(23(25(28)29)21-24(27)30-5)19-16-13-11-14-17-20-26(2,3)4;1-6-7-8-9-10-12-15-18-22(23(25(28)29)21-26(2,3)4)19-16-13-11-14-17-20-24(27)30-5/h2*15,18,22-23H,6-14,16-17,19-21H2,1-5H3,(H,28,29)/b2*18-15+. The molecule has 0 aliphatic rings. The van der Waals surface area contributed by atoms with Crippen LogP contribution in [0.4, 0.5) is 0 Å². The van der Waals surface area contributed by atoms with Gasteiger partial charge in [-0.25, -0.2) is 0 Å². The summed E-state index contributed by atoms with van der Waals surface area (Å²) >= 11 is 0. The summed E-state index contributed by atoms with van der Waals surface area (Å²) in [6, 6.07) is 0. The van der Waals surface area contributed by atoms with E-state index < -0.39 is 23.8 Å². The molecule has 2 N–H and O–H groups in total. The Bertz CT molecular complexity index is 1130. The molecule has 8 heteroatoms. The maximum absolute atomic E-state index is 12.0.